The quantitative estimate of drug-likeness (QED) is 0.272. The molecule has 0 saturated carbocycles. The van der Waals surface area contributed by atoms with Crippen LogP contribution < -0.4 is 14.5 Å². The summed E-state index contributed by atoms with van der Waals surface area (Å²) in [6.45, 7) is 3.55. The third-order valence-electron chi connectivity index (χ3n) is 6.33. The highest BCUT2D eigenvalue weighted by atomic mass is 32.1. The van der Waals surface area contributed by atoms with Gasteiger partial charge in [-0.1, -0.05) is 24.3 Å². The maximum absolute atomic E-state index is 13.9. The fourth-order valence-corrected chi connectivity index (χ4v) is 5.26. The molecular formula is C29H23F3N4O3S. The normalized spacial score (nSPS) is 15.5. The van der Waals surface area contributed by atoms with Gasteiger partial charge in [0.25, 0.3) is 11.8 Å². The van der Waals surface area contributed by atoms with Crippen molar-refractivity contribution in [3.63, 3.8) is 0 Å². The van der Waals surface area contributed by atoms with Gasteiger partial charge in [0.2, 0.25) is 0 Å². The van der Waals surface area contributed by atoms with Crippen LogP contribution >= 0.6 is 11.3 Å². The van der Waals surface area contributed by atoms with E-state index in [9.17, 15) is 22.8 Å². The van der Waals surface area contributed by atoms with Crippen molar-refractivity contribution in [3.05, 3.63) is 76.4 Å². The molecule has 2 aromatic heterocycles. The number of pyridine rings is 1. The highest BCUT2D eigenvalue weighted by Crippen LogP contribution is 2.38. The Hall–Kier alpha value is -4.43. The summed E-state index contributed by atoms with van der Waals surface area (Å²) in [5, 5.41) is 3.26. The number of nitrogens with zero attached hydrogens (tertiary/aromatic N) is 4. The predicted octanol–water partition coefficient (Wildman–Crippen LogP) is 5.93. The summed E-state index contributed by atoms with van der Waals surface area (Å²) in [6, 6.07) is 11.1. The minimum Gasteiger partial charge on any atom is -0.491 e. The number of carbonyl (C=O) groups excluding carboxylic acids is 2. The van der Waals surface area contributed by atoms with E-state index in [0.717, 1.165) is 39.1 Å². The molecule has 1 saturated heterocycles. The third kappa shape index (κ3) is 5.22. The van der Waals surface area contributed by atoms with Gasteiger partial charge < -0.3 is 4.74 Å². The van der Waals surface area contributed by atoms with Gasteiger partial charge in [0.1, 0.15) is 23.3 Å². The number of terminal acetylenes is 1. The van der Waals surface area contributed by atoms with Crippen molar-refractivity contribution in [2.45, 2.75) is 38.6 Å². The molecule has 0 N–H and O–H groups in total. The van der Waals surface area contributed by atoms with Gasteiger partial charge in [-0.2, -0.15) is 13.2 Å². The molecule has 5 rings (SSSR count). The number of alkyl halides is 3. The van der Waals surface area contributed by atoms with Crippen molar-refractivity contribution in [3.8, 4) is 18.1 Å². The Morgan fingerprint density at radius 2 is 2.00 bits per heavy atom. The van der Waals surface area contributed by atoms with Gasteiger partial charge in [-0.15, -0.1) is 17.8 Å². The Bertz CT molecular complexity index is 1640. The molecule has 0 radical (unpaired) electrons. The van der Waals surface area contributed by atoms with E-state index in [1.54, 1.807) is 20.0 Å². The molecule has 204 valence electrons. The summed E-state index contributed by atoms with van der Waals surface area (Å²) in [6.07, 6.45) is 2.00. The Labute approximate surface area is 232 Å². The molecule has 0 bridgehead atoms. The minimum atomic E-state index is -4.73. The number of thiazole rings is 1. The molecule has 2 amide bonds. The number of hydrogen-bond acceptors (Lipinski definition) is 6. The van der Waals surface area contributed by atoms with Crippen LogP contribution in [0.25, 0.3) is 10.8 Å². The average molecular weight is 565 g/mol. The van der Waals surface area contributed by atoms with Crippen LogP contribution in [-0.2, 0) is 11.0 Å². The summed E-state index contributed by atoms with van der Waals surface area (Å²) in [4.78, 5) is 38.8. The molecule has 40 heavy (non-hydrogen) atoms. The van der Waals surface area contributed by atoms with Crippen LogP contribution in [0.15, 0.2) is 60.1 Å². The van der Waals surface area contributed by atoms with Gasteiger partial charge in [-0.25, -0.2) is 9.97 Å². The monoisotopic (exact) mass is 564 g/mol. The summed E-state index contributed by atoms with van der Waals surface area (Å²) in [5.41, 5.74) is -1.23. The molecule has 11 heteroatoms. The van der Waals surface area contributed by atoms with Crippen molar-refractivity contribution >= 4 is 45.4 Å². The summed E-state index contributed by atoms with van der Waals surface area (Å²) < 4.78 is 47.4. The van der Waals surface area contributed by atoms with E-state index in [1.165, 1.54) is 16.3 Å². The van der Waals surface area contributed by atoms with Gasteiger partial charge >= 0.3 is 6.18 Å². The van der Waals surface area contributed by atoms with Crippen LogP contribution in [0.3, 0.4) is 0 Å². The van der Waals surface area contributed by atoms with Crippen LogP contribution in [0.2, 0.25) is 0 Å². The zero-order valence-corrected chi connectivity index (χ0v) is 22.3. The first-order chi connectivity index (χ1) is 19.1. The average Bonchev–Trinajstić information content (AvgIpc) is 3.55. The number of anilines is 2. The van der Waals surface area contributed by atoms with Gasteiger partial charge in [-0.05, 0) is 49.8 Å². The highest BCUT2D eigenvalue weighted by Gasteiger charge is 2.42. The number of benzene rings is 2. The van der Waals surface area contributed by atoms with Crippen molar-refractivity contribution < 1.29 is 27.5 Å². The van der Waals surface area contributed by atoms with Crippen LogP contribution in [-0.4, -0.2) is 40.5 Å². The van der Waals surface area contributed by atoms with E-state index in [0.29, 0.717) is 5.82 Å². The largest absolute Gasteiger partial charge is 0.491 e. The first-order valence-corrected chi connectivity index (χ1v) is 13.2. The van der Waals surface area contributed by atoms with Crippen LogP contribution in [0, 0.1) is 12.3 Å². The molecule has 0 aliphatic carbocycles. The fraction of sp³-hybridized carbons (Fsp3) is 0.241. The van der Waals surface area contributed by atoms with Gasteiger partial charge in [0, 0.05) is 35.3 Å². The molecule has 7 nitrogen and oxygen atoms in total. The van der Waals surface area contributed by atoms with Gasteiger partial charge in [0.05, 0.1) is 11.7 Å². The molecule has 1 aliphatic heterocycles. The van der Waals surface area contributed by atoms with Crippen molar-refractivity contribution in [1.82, 2.24) is 9.97 Å². The van der Waals surface area contributed by atoms with E-state index >= 15 is 0 Å². The third-order valence-corrected chi connectivity index (χ3v) is 7.10. The second kappa shape index (κ2) is 10.6. The number of rotatable bonds is 6. The molecular weight excluding hydrogens is 541 g/mol. The van der Waals surface area contributed by atoms with Gasteiger partial charge in [0.15, 0.2) is 5.01 Å². The SMILES string of the molecule is C#Cc1nc(C(=O)N(c2cc(OC(C)C)cc(C(F)(F)F)c2)C2CCN(c3nccc4ccccc34)C2=O)cs1. The number of amides is 2. The molecule has 1 unspecified atom stereocenters. The zero-order chi connectivity index (χ0) is 28.6. The van der Waals surface area contributed by atoms with Crippen LogP contribution in [0.1, 0.15) is 41.3 Å². The van der Waals surface area contributed by atoms with E-state index in [-0.39, 0.29) is 35.1 Å². The summed E-state index contributed by atoms with van der Waals surface area (Å²) in [5.74, 6) is 1.45. The predicted molar refractivity (Wildman–Crippen MR) is 147 cm³/mol. The maximum atomic E-state index is 13.9. The standard InChI is InChI=1S/C29H23F3N4O3S/c1-4-25-34-23(16-40-25)27(37)36(20-13-19(29(30,31)32)14-21(15-20)39-17(2)3)24-10-12-35(28(24)38)26-22-8-6-5-7-18(22)9-11-33-26/h1,5-9,11,13-17,24H,10,12H2,2-3H3. The van der Waals surface area contributed by atoms with Gasteiger partial charge in [-0.3, -0.25) is 19.4 Å². The lowest BCUT2D eigenvalue weighted by Crippen LogP contribution is -2.46. The lowest BCUT2D eigenvalue weighted by atomic mass is 10.1. The molecule has 0 spiro atoms. The molecule has 2 aromatic carbocycles. The zero-order valence-electron chi connectivity index (χ0n) is 21.5. The number of fused-ring (bicyclic) bond motifs is 1. The number of ether oxygens (including phenoxy) is 1. The fourth-order valence-electron chi connectivity index (χ4n) is 4.66. The van der Waals surface area contributed by atoms with Crippen molar-refractivity contribution in [2.24, 2.45) is 0 Å². The number of halogens is 3. The number of aromatic nitrogens is 2. The number of hydrogen-bond donors (Lipinski definition) is 0. The molecule has 4 aromatic rings. The smallest absolute Gasteiger partial charge is 0.416 e. The van der Waals surface area contributed by atoms with Crippen LogP contribution in [0.4, 0.5) is 24.7 Å². The second-order valence-electron chi connectivity index (χ2n) is 9.39. The van der Waals surface area contributed by atoms with E-state index in [1.807, 2.05) is 30.3 Å². The first kappa shape index (κ1) is 27.1. The lowest BCUT2D eigenvalue weighted by Gasteiger charge is -2.29. The molecule has 1 fully saturated rings. The Morgan fingerprint density at radius 3 is 2.70 bits per heavy atom. The topological polar surface area (TPSA) is 75.6 Å². The summed E-state index contributed by atoms with van der Waals surface area (Å²) >= 11 is 1.05. The minimum absolute atomic E-state index is 0.0729. The number of carbonyl (C=O) groups is 2. The van der Waals surface area contributed by atoms with E-state index < -0.39 is 35.7 Å². The van der Waals surface area contributed by atoms with Crippen molar-refractivity contribution in [2.75, 3.05) is 16.3 Å². The maximum Gasteiger partial charge on any atom is 0.416 e. The molecule has 3 heterocycles. The van der Waals surface area contributed by atoms with Crippen LogP contribution in [0.5, 0.6) is 5.75 Å². The second-order valence-corrected chi connectivity index (χ2v) is 10.2. The Kier molecular flexibility index (Phi) is 7.21. The molecule has 1 aliphatic rings. The Morgan fingerprint density at radius 1 is 1.23 bits per heavy atom. The summed E-state index contributed by atoms with van der Waals surface area (Å²) in [7, 11) is 0. The highest BCUT2D eigenvalue weighted by molar-refractivity contribution is 7.10. The van der Waals surface area contributed by atoms with Crippen molar-refractivity contribution in [1.29, 1.82) is 0 Å². The molecule has 1 atom stereocenters. The van der Waals surface area contributed by atoms with E-state index in [2.05, 4.69) is 15.9 Å². The lowest BCUT2D eigenvalue weighted by molar-refractivity contribution is -0.137. The Balaban J connectivity index is 1.62. The van der Waals surface area contributed by atoms with E-state index in [4.69, 9.17) is 11.2 Å². The first-order valence-electron chi connectivity index (χ1n) is 12.4.